The van der Waals surface area contributed by atoms with Gasteiger partial charge in [0.05, 0.1) is 4.92 Å². The second kappa shape index (κ2) is 11.0. The number of esters is 3. The minimum absolute atomic E-state index is 0.0357. The van der Waals surface area contributed by atoms with Crippen LogP contribution < -0.4 is 10.3 Å². The number of nitro benzene ring substituents is 1. The number of primary amides is 1. The molecule has 1 saturated heterocycles. The Morgan fingerprint density at radius 3 is 2.19 bits per heavy atom. The number of hydrogen-bond acceptors (Lipinski definition) is 11. The number of carbonyl (C=O) groups is 4. The average Bonchev–Trinajstić information content (AvgIpc) is 3.28. The smallest absolute Gasteiger partial charge is 0.338 e. The van der Waals surface area contributed by atoms with Gasteiger partial charge in [0.1, 0.15) is 19.3 Å². The number of hydrogen-bond donors (Lipinski definition) is 2. The zero-order valence-electron chi connectivity index (χ0n) is 20.1. The van der Waals surface area contributed by atoms with E-state index in [-0.39, 0.29) is 24.5 Å². The predicted molar refractivity (Wildman–Crippen MR) is 119 cm³/mol. The second-order valence-corrected chi connectivity index (χ2v) is 8.13. The molecule has 0 aliphatic carbocycles. The van der Waals surface area contributed by atoms with Crippen LogP contribution in [-0.2, 0) is 39.9 Å². The Kier molecular flexibility index (Phi) is 8.07. The van der Waals surface area contributed by atoms with Crippen LogP contribution in [0.5, 0.6) is 5.88 Å². The molecule has 1 fully saturated rings. The minimum Gasteiger partial charge on any atom is -0.474 e. The maximum absolute atomic E-state index is 12.2. The van der Waals surface area contributed by atoms with E-state index in [1.54, 1.807) is 0 Å². The molecule has 3 N–H and O–H groups in total. The highest BCUT2D eigenvalue weighted by Crippen LogP contribution is 2.33. The fourth-order valence-electron chi connectivity index (χ4n) is 3.91. The van der Waals surface area contributed by atoms with E-state index in [4.69, 9.17) is 24.7 Å². The molecule has 0 bridgehead atoms. The summed E-state index contributed by atoms with van der Waals surface area (Å²) in [5.74, 6) is -3.79. The Morgan fingerprint density at radius 1 is 1.08 bits per heavy atom. The molecule has 1 aromatic heterocycles. The summed E-state index contributed by atoms with van der Waals surface area (Å²) in [6.45, 7) is 2.99. The lowest BCUT2D eigenvalue weighted by atomic mass is 10.1. The number of rotatable bonds is 9. The number of amides is 1. The van der Waals surface area contributed by atoms with Crippen molar-refractivity contribution in [3.05, 3.63) is 52.0 Å². The molecule has 1 aliphatic rings. The van der Waals surface area contributed by atoms with Crippen LogP contribution in [0.15, 0.2) is 30.6 Å². The molecule has 1 aromatic carbocycles. The lowest BCUT2D eigenvalue weighted by Crippen LogP contribution is -2.48. The molecule has 0 saturated carbocycles. The highest BCUT2D eigenvalue weighted by molar-refractivity contribution is 5.92. The van der Waals surface area contributed by atoms with Gasteiger partial charge in [0.25, 0.3) is 17.3 Å². The quantitative estimate of drug-likeness (QED) is 0.146. The molecule has 4 atom stereocenters. The first-order valence-electron chi connectivity index (χ1n) is 10.9. The van der Waals surface area contributed by atoms with Gasteiger partial charge in [-0.25, -0.2) is 4.57 Å². The maximum atomic E-state index is 12.2. The van der Waals surface area contributed by atoms with Crippen molar-refractivity contribution in [1.29, 1.82) is 0 Å². The van der Waals surface area contributed by atoms with Crippen LogP contribution in [0.25, 0.3) is 0 Å². The normalized spacial score (nSPS) is 20.7. The number of nitrogens with zero attached hydrogens (tertiary/aromatic N) is 3. The summed E-state index contributed by atoms with van der Waals surface area (Å²) >= 11 is 0. The largest absolute Gasteiger partial charge is 0.474 e. The van der Waals surface area contributed by atoms with Gasteiger partial charge in [-0.05, 0) is 17.7 Å². The topological polar surface area (TPSA) is 203 Å². The number of carbonyl (C=O) groups excluding carboxylic acids is 4. The highest BCUT2D eigenvalue weighted by Gasteiger charge is 2.54. The maximum Gasteiger partial charge on any atom is 0.338 e. The Morgan fingerprint density at radius 2 is 1.68 bits per heavy atom. The SMILES string of the molecule is CC(=O)OC[C@H]1O[C@@H]([n+]2cn(Cc3ccc([N+](=O)[O-])cc3)c(C(N)=O)c2O)[C@H](OC(C)=O)[C@@H]1OC(C)=O. The minimum atomic E-state index is -1.33. The molecule has 0 spiro atoms. The van der Waals surface area contributed by atoms with Gasteiger partial charge in [-0.1, -0.05) is 0 Å². The van der Waals surface area contributed by atoms with E-state index in [0.29, 0.717) is 5.56 Å². The van der Waals surface area contributed by atoms with Crippen molar-refractivity contribution in [2.45, 2.75) is 51.9 Å². The molecule has 198 valence electrons. The average molecular weight is 521 g/mol. The van der Waals surface area contributed by atoms with Crippen LogP contribution in [0.4, 0.5) is 5.69 Å². The molecule has 1 aliphatic heterocycles. The fourth-order valence-corrected chi connectivity index (χ4v) is 3.91. The molecule has 3 rings (SSSR count). The van der Waals surface area contributed by atoms with E-state index >= 15 is 0 Å². The van der Waals surface area contributed by atoms with Gasteiger partial charge in [-0.15, -0.1) is 0 Å². The van der Waals surface area contributed by atoms with E-state index in [2.05, 4.69) is 0 Å². The van der Waals surface area contributed by atoms with Gasteiger partial charge >= 0.3 is 23.8 Å². The molecular weight excluding hydrogens is 496 g/mol. The highest BCUT2D eigenvalue weighted by atomic mass is 16.7. The van der Waals surface area contributed by atoms with Crippen LogP contribution in [0.3, 0.4) is 0 Å². The Hall–Kier alpha value is -4.53. The van der Waals surface area contributed by atoms with Crippen molar-refractivity contribution in [2.75, 3.05) is 6.61 Å². The number of aromatic nitrogens is 2. The van der Waals surface area contributed by atoms with Crippen molar-refractivity contribution in [3.8, 4) is 5.88 Å². The number of nitro groups is 1. The fraction of sp³-hybridized carbons (Fsp3) is 0.409. The van der Waals surface area contributed by atoms with Gasteiger partial charge in [-0.2, -0.15) is 4.57 Å². The van der Waals surface area contributed by atoms with E-state index in [0.717, 1.165) is 25.3 Å². The summed E-state index contributed by atoms with van der Waals surface area (Å²) < 4.78 is 23.8. The van der Waals surface area contributed by atoms with Crippen molar-refractivity contribution < 1.29 is 52.7 Å². The molecule has 0 unspecified atom stereocenters. The van der Waals surface area contributed by atoms with Gasteiger partial charge < -0.3 is 29.8 Å². The number of non-ortho nitro benzene ring substituents is 1. The molecule has 15 nitrogen and oxygen atoms in total. The van der Waals surface area contributed by atoms with Crippen molar-refractivity contribution in [3.63, 3.8) is 0 Å². The van der Waals surface area contributed by atoms with Gasteiger partial charge in [0.15, 0.2) is 6.10 Å². The first-order chi connectivity index (χ1) is 17.4. The van der Waals surface area contributed by atoms with Crippen molar-refractivity contribution in [1.82, 2.24) is 4.57 Å². The van der Waals surface area contributed by atoms with Gasteiger partial charge in [0.2, 0.25) is 18.7 Å². The number of aromatic hydroxyl groups is 1. The molecule has 15 heteroatoms. The second-order valence-electron chi connectivity index (χ2n) is 8.13. The third-order valence-electron chi connectivity index (χ3n) is 5.36. The van der Waals surface area contributed by atoms with E-state index in [1.165, 1.54) is 35.2 Å². The third kappa shape index (κ3) is 6.19. The van der Waals surface area contributed by atoms with E-state index in [1.807, 2.05) is 0 Å². The third-order valence-corrected chi connectivity index (χ3v) is 5.36. The molecule has 2 heterocycles. The summed E-state index contributed by atoms with van der Waals surface area (Å²) in [5.41, 5.74) is 5.55. The van der Waals surface area contributed by atoms with Crippen LogP contribution in [0, 0.1) is 10.1 Å². The van der Waals surface area contributed by atoms with E-state index < -0.39 is 59.2 Å². The zero-order valence-corrected chi connectivity index (χ0v) is 20.1. The first kappa shape index (κ1) is 27.1. The number of imidazole rings is 1. The summed E-state index contributed by atoms with van der Waals surface area (Å²) in [6, 6.07) is 5.47. The lowest BCUT2D eigenvalue weighted by Gasteiger charge is -2.22. The van der Waals surface area contributed by atoms with Crippen LogP contribution in [0.1, 0.15) is 43.1 Å². The van der Waals surface area contributed by atoms with E-state index in [9.17, 15) is 34.4 Å². The lowest BCUT2D eigenvalue weighted by molar-refractivity contribution is -0.768. The van der Waals surface area contributed by atoms with Gasteiger partial charge in [-0.3, -0.25) is 29.3 Å². The first-order valence-corrected chi connectivity index (χ1v) is 10.9. The number of benzene rings is 1. The summed E-state index contributed by atoms with van der Waals surface area (Å²) in [4.78, 5) is 57.5. The number of ether oxygens (including phenoxy) is 4. The number of nitrogens with two attached hydrogens (primary N) is 1. The van der Waals surface area contributed by atoms with Gasteiger partial charge in [0, 0.05) is 32.9 Å². The molecular formula is C22H25N4O11+. The Balaban J connectivity index is 2.03. The predicted octanol–water partition coefficient (Wildman–Crippen LogP) is -0.139. The molecule has 1 amide bonds. The monoisotopic (exact) mass is 521 g/mol. The molecule has 37 heavy (non-hydrogen) atoms. The van der Waals surface area contributed by atoms with Crippen LogP contribution in [0.2, 0.25) is 0 Å². The van der Waals surface area contributed by atoms with Crippen LogP contribution >= 0.6 is 0 Å². The Bertz CT molecular complexity index is 1220. The molecule has 2 aromatic rings. The standard InChI is InChI=1S/C22H24N4O11/c1-11(27)34-9-16-18(35-12(2)28)19(36-13(3)29)22(37-16)25-10-24(17(20(23)30)21(25)31)8-14-4-6-15(7-5-14)26(32)33/h4-7,10,16,18-19,22H,8-9H2,1-3H3,(H2-,23,30,31)/p+1/t16-,18-,19-,22-/m1/s1. The van der Waals surface area contributed by atoms with Crippen LogP contribution in [-0.4, -0.2) is 63.3 Å². The molecule has 0 radical (unpaired) electrons. The summed E-state index contributed by atoms with van der Waals surface area (Å²) in [6.07, 6.45) is -3.70. The van der Waals surface area contributed by atoms with Crippen molar-refractivity contribution in [2.24, 2.45) is 5.73 Å². The van der Waals surface area contributed by atoms with Crippen molar-refractivity contribution >= 4 is 29.5 Å². The summed E-state index contributed by atoms with van der Waals surface area (Å²) in [5, 5.41) is 21.8. The zero-order chi connectivity index (χ0) is 27.4. The summed E-state index contributed by atoms with van der Waals surface area (Å²) in [7, 11) is 0. The Labute approximate surface area is 209 Å².